The molecule has 1 saturated heterocycles. The van der Waals surface area contributed by atoms with Crippen LogP contribution in [0.3, 0.4) is 0 Å². The molecule has 2 rings (SSSR count). The van der Waals surface area contributed by atoms with Crippen molar-refractivity contribution in [1.29, 1.82) is 0 Å². The molecule has 1 heterocycles. The van der Waals surface area contributed by atoms with Gasteiger partial charge in [0.05, 0.1) is 25.1 Å². The second-order valence-electron chi connectivity index (χ2n) is 6.52. The highest BCUT2D eigenvalue weighted by Gasteiger charge is 2.36. The number of nitrogens with zero attached hydrogens (tertiary/aromatic N) is 2. The highest BCUT2D eigenvalue weighted by Crippen LogP contribution is 2.24. The van der Waals surface area contributed by atoms with E-state index in [-0.39, 0.29) is 35.0 Å². The van der Waals surface area contributed by atoms with Gasteiger partial charge in [0.15, 0.2) is 5.96 Å². The topological polar surface area (TPSA) is 103 Å². The molecule has 0 bridgehead atoms. The second kappa shape index (κ2) is 9.80. The largest absolute Gasteiger partial charge is 0.507 e. The van der Waals surface area contributed by atoms with Crippen LogP contribution in [0.1, 0.15) is 24.2 Å². The first-order chi connectivity index (χ1) is 13.0. The summed E-state index contributed by atoms with van der Waals surface area (Å²) in [7, 11) is 1.41. The van der Waals surface area contributed by atoms with Crippen LogP contribution in [0.2, 0.25) is 0 Å². The first-order valence-electron chi connectivity index (χ1n) is 9.15. The average molecular weight is 376 g/mol. The molecule has 0 aromatic heterocycles. The van der Waals surface area contributed by atoms with Crippen LogP contribution in [-0.4, -0.2) is 67.7 Å². The minimum atomic E-state index is -0.339. The van der Waals surface area contributed by atoms with Crippen molar-refractivity contribution in [3.63, 3.8) is 0 Å². The van der Waals surface area contributed by atoms with Gasteiger partial charge in [0.25, 0.3) is 5.91 Å². The molecule has 1 aliphatic rings. The van der Waals surface area contributed by atoms with Crippen molar-refractivity contribution in [3.05, 3.63) is 29.8 Å². The summed E-state index contributed by atoms with van der Waals surface area (Å²) in [6.45, 7) is 6.71. The number of ether oxygens (including phenoxy) is 1. The zero-order valence-electron chi connectivity index (χ0n) is 16.1. The molecule has 0 spiro atoms. The van der Waals surface area contributed by atoms with Crippen LogP contribution >= 0.6 is 0 Å². The predicted octanol–water partition coefficient (Wildman–Crippen LogP) is 0.828. The lowest BCUT2D eigenvalue weighted by atomic mass is 9.99. The number of likely N-dealkylation sites (tertiary alicyclic amines) is 1. The van der Waals surface area contributed by atoms with Crippen LogP contribution in [0.4, 0.5) is 0 Å². The molecule has 1 amide bonds. The fourth-order valence-corrected chi connectivity index (χ4v) is 3.12. The molecule has 8 nitrogen and oxygen atoms in total. The van der Waals surface area contributed by atoms with E-state index in [1.54, 1.807) is 18.2 Å². The summed E-state index contributed by atoms with van der Waals surface area (Å²) in [5.74, 6) is 0.144. The quantitative estimate of drug-likeness (QED) is 0.294. The first kappa shape index (κ1) is 20.5. The lowest BCUT2D eigenvalue weighted by molar-refractivity contribution is -0.145. The lowest BCUT2D eigenvalue weighted by Crippen LogP contribution is -2.41. The van der Waals surface area contributed by atoms with Gasteiger partial charge >= 0.3 is 5.97 Å². The molecule has 2 atom stereocenters. The highest BCUT2D eigenvalue weighted by atomic mass is 16.5. The van der Waals surface area contributed by atoms with Crippen molar-refractivity contribution in [1.82, 2.24) is 15.5 Å². The number of para-hydroxylation sites is 1. The molecule has 27 heavy (non-hydrogen) atoms. The van der Waals surface area contributed by atoms with Crippen molar-refractivity contribution in [2.75, 3.05) is 39.8 Å². The van der Waals surface area contributed by atoms with Crippen LogP contribution in [0.25, 0.3) is 0 Å². The summed E-state index contributed by atoms with van der Waals surface area (Å²) >= 11 is 0. The van der Waals surface area contributed by atoms with Gasteiger partial charge in [-0.2, -0.15) is 0 Å². The minimum Gasteiger partial charge on any atom is -0.507 e. The Labute approximate surface area is 159 Å². The van der Waals surface area contributed by atoms with Crippen LogP contribution in [0.5, 0.6) is 5.75 Å². The number of aliphatic imine (C=N–C) groups is 1. The molecule has 8 heteroatoms. The maximum absolute atomic E-state index is 12.1. The highest BCUT2D eigenvalue weighted by molar-refractivity contribution is 5.96. The molecule has 3 N–H and O–H groups in total. The van der Waals surface area contributed by atoms with Gasteiger partial charge in [0.2, 0.25) is 0 Å². The summed E-state index contributed by atoms with van der Waals surface area (Å²) in [5, 5.41) is 15.7. The number of phenolic OH excluding ortho intramolecular Hbond substituents is 1. The molecular formula is C19H28N4O4. The number of guanidine groups is 1. The van der Waals surface area contributed by atoms with Crippen molar-refractivity contribution in [2.45, 2.75) is 13.8 Å². The summed E-state index contributed by atoms with van der Waals surface area (Å²) in [6, 6.07) is 6.40. The standard InChI is InChI=1S/C19H28N4O4/c1-4-20-19(23-11-13(2)15(12-23)18(26)27-3)22-10-9-21-17(25)14-7-5-6-8-16(14)24/h5-8,13,15,24H,4,9-12H2,1-3H3,(H,20,22)(H,21,25). The molecule has 148 valence electrons. The van der Waals surface area contributed by atoms with Crippen molar-refractivity contribution in [2.24, 2.45) is 16.8 Å². The Balaban J connectivity index is 1.91. The van der Waals surface area contributed by atoms with E-state index in [9.17, 15) is 14.7 Å². The van der Waals surface area contributed by atoms with Gasteiger partial charge in [0.1, 0.15) is 5.75 Å². The van der Waals surface area contributed by atoms with E-state index in [1.165, 1.54) is 13.2 Å². The summed E-state index contributed by atoms with van der Waals surface area (Å²) in [6.07, 6.45) is 0. The summed E-state index contributed by atoms with van der Waals surface area (Å²) in [4.78, 5) is 30.5. The van der Waals surface area contributed by atoms with Crippen molar-refractivity contribution >= 4 is 17.8 Å². The summed E-state index contributed by atoms with van der Waals surface area (Å²) < 4.78 is 4.88. The van der Waals surface area contributed by atoms with Gasteiger partial charge < -0.3 is 25.4 Å². The Bertz CT molecular complexity index is 692. The molecule has 0 radical (unpaired) electrons. The third kappa shape index (κ3) is 5.35. The van der Waals surface area contributed by atoms with E-state index in [4.69, 9.17) is 4.74 Å². The van der Waals surface area contributed by atoms with E-state index >= 15 is 0 Å². The Hall–Kier alpha value is -2.77. The Kier molecular flexibility index (Phi) is 7.45. The number of hydrogen-bond donors (Lipinski definition) is 3. The maximum atomic E-state index is 12.1. The van der Waals surface area contributed by atoms with Gasteiger partial charge in [-0.15, -0.1) is 0 Å². The third-order valence-electron chi connectivity index (χ3n) is 4.56. The van der Waals surface area contributed by atoms with E-state index in [0.29, 0.717) is 32.1 Å². The van der Waals surface area contributed by atoms with Gasteiger partial charge in [-0.25, -0.2) is 0 Å². The Morgan fingerprint density at radius 3 is 2.70 bits per heavy atom. The predicted molar refractivity (Wildman–Crippen MR) is 103 cm³/mol. The molecule has 0 aliphatic carbocycles. The van der Waals surface area contributed by atoms with Gasteiger partial charge in [0, 0.05) is 26.2 Å². The Morgan fingerprint density at radius 2 is 2.04 bits per heavy atom. The zero-order chi connectivity index (χ0) is 19.8. The number of carbonyl (C=O) groups excluding carboxylic acids is 2. The van der Waals surface area contributed by atoms with Crippen LogP contribution in [0.15, 0.2) is 29.3 Å². The molecule has 1 aromatic carbocycles. The smallest absolute Gasteiger partial charge is 0.310 e. The number of benzene rings is 1. The fourth-order valence-electron chi connectivity index (χ4n) is 3.12. The number of amides is 1. The molecule has 1 fully saturated rings. The molecule has 1 aliphatic heterocycles. The number of phenols is 1. The normalized spacial score (nSPS) is 19.7. The summed E-state index contributed by atoms with van der Waals surface area (Å²) in [5.41, 5.74) is 0.239. The number of rotatable bonds is 6. The van der Waals surface area contributed by atoms with E-state index in [1.807, 2.05) is 18.7 Å². The van der Waals surface area contributed by atoms with E-state index in [0.717, 1.165) is 6.54 Å². The maximum Gasteiger partial charge on any atom is 0.310 e. The number of esters is 1. The SMILES string of the molecule is CCNC(=NCCNC(=O)c1ccccc1O)N1CC(C)C(C(=O)OC)C1. The van der Waals surface area contributed by atoms with Crippen LogP contribution in [-0.2, 0) is 9.53 Å². The zero-order valence-corrected chi connectivity index (χ0v) is 16.1. The van der Waals surface area contributed by atoms with E-state index < -0.39 is 0 Å². The second-order valence-corrected chi connectivity index (χ2v) is 6.52. The average Bonchev–Trinajstić information content (AvgIpc) is 3.05. The molecule has 1 aromatic rings. The van der Waals surface area contributed by atoms with Crippen LogP contribution in [0, 0.1) is 11.8 Å². The van der Waals surface area contributed by atoms with Gasteiger partial charge in [-0.3, -0.25) is 14.6 Å². The fraction of sp³-hybridized carbons (Fsp3) is 0.526. The van der Waals surface area contributed by atoms with E-state index in [2.05, 4.69) is 15.6 Å². The number of nitrogens with one attached hydrogen (secondary N) is 2. The lowest BCUT2D eigenvalue weighted by Gasteiger charge is -2.21. The van der Waals surface area contributed by atoms with Crippen molar-refractivity contribution in [3.8, 4) is 5.75 Å². The van der Waals surface area contributed by atoms with Crippen molar-refractivity contribution < 1.29 is 19.4 Å². The van der Waals surface area contributed by atoms with Crippen LogP contribution < -0.4 is 10.6 Å². The first-order valence-corrected chi connectivity index (χ1v) is 9.15. The molecular weight excluding hydrogens is 348 g/mol. The number of hydrogen-bond acceptors (Lipinski definition) is 5. The number of carbonyl (C=O) groups is 2. The van der Waals surface area contributed by atoms with Gasteiger partial charge in [-0.05, 0) is 25.0 Å². The van der Waals surface area contributed by atoms with Gasteiger partial charge in [-0.1, -0.05) is 19.1 Å². The Morgan fingerprint density at radius 1 is 1.30 bits per heavy atom. The third-order valence-corrected chi connectivity index (χ3v) is 4.56. The monoisotopic (exact) mass is 376 g/mol. The molecule has 0 saturated carbocycles. The number of methoxy groups -OCH3 is 1. The minimum absolute atomic E-state index is 0.0493. The molecule has 2 unspecified atom stereocenters. The number of aromatic hydroxyl groups is 1.